The Balaban J connectivity index is 2.78. The van der Waals surface area contributed by atoms with E-state index in [0.29, 0.717) is 12.6 Å². The number of nitrogens with two attached hydrogens (primary N) is 1. The molecular weight excluding hydrogens is 204 g/mol. The van der Waals surface area contributed by atoms with Gasteiger partial charge < -0.3 is 14.9 Å². The lowest BCUT2D eigenvalue weighted by Gasteiger charge is -2.33. The van der Waals surface area contributed by atoms with Gasteiger partial charge in [0.2, 0.25) is 0 Å². The molecule has 0 bridgehead atoms. The second-order valence-electron chi connectivity index (χ2n) is 4.29. The molecule has 1 rings (SSSR count). The molecule has 0 saturated heterocycles. The molecule has 2 N–H and O–H groups in total. The largest absolute Gasteiger partial charge is 0.468 e. The van der Waals surface area contributed by atoms with Crippen LogP contribution in [0.1, 0.15) is 25.6 Å². The van der Waals surface area contributed by atoms with E-state index in [9.17, 15) is 0 Å². The van der Waals surface area contributed by atoms with Gasteiger partial charge in [0, 0.05) is 19.2 Å². The molecule has 1 aromatic rings. The van der Waals surface area contributed by atoms with Crippen molar-refractivity contribution in [3.63, 3.8) is 0 Å². The van der Waals surface area contributed by atoms with Gasteiger partial charge in [-0.15, -0.1) is 0 Å². The van der Waals surface area contributed by atoms with Crippen molar-refractivity contribution in [1.82, 2.24) is 4.90 Å². The third-order valence-electron chi connectivity index (χ3n) is 2.87. The molecule has 3 unspecified atom stereocenters. The summed E-state index contributed by atoms with van der Waals surface area (Å²) in [7, 11) is 3.75. The Morgan fingerprint density at radius 2 is 2.19 bits per heavy atom. The van der Waals surface area contributed by atoms with Crippen LogP contribution in [0.25, 0.3) is 0 Å². The first-order valence-electron chi connectivity index (χ1n) is 5.57. The summed E-state index contributed by atoms with van der Waals surface area (Å²) in [5.74, 6) is 0.903. The zero-order valence-corrected chi connectivity index (χ0v) is 10.5. The molecule has 1 heterocycles. The Bertz CT molecular complexity index is 285. The van der Waals surface area contributed by atoms with Crippen LogP contribution in [0.4, 0.5) is 0 Å². The van der Waals surface area contributed by atoms with E-state index in [1.807, 2.05) is 26.1 Å². The van der Waals surface area contributed by atoms with Gasteiger partial charge in [-0.25, -0.2) is 0 Å². The third-order valence-corrected chi connectivity index (χ3v) is 2.87. The smallest absolute Gasteiger partial charge is 0.122 e. The van der Waals surface area contributed by atoms with Gasteiger partial charge in [0.05, 0.1) is 18.9 Å². The van der Waals surface area contributed by atoms with E-state index in [0.717, 1.165) is 5.76 Å². The van der Waals surface area contributed by atoms with E-state index in [-0.39, 0.29) is 12.1 Å². The van der Waals surface area contributed by atoms with E-state index >= 15 is 0 Å². The van der Waals surface area contributed by atoms with Crippen LogP contribution in [0.3, 0.4) is 0 Å². The van der Waals surface area contributed by atoms with Gasteiger partial charge >= 0.3 is 0 Å². The highest BCUT2D eigenvalue weighted by molar-refractivity contribution is 5.07. The van der Waals surface area contributed by atoms with Gasteiger partial charge in [0.25, 0.3) is 0 Å². The number of nitrogens with zero attached hydrogens (tertiary/aromatic N) is 1. The van der Waals surface area contributed by atoms with E-state index in [1.54, 1.807) is 13.4 Å². The standard InChI is InChI=1S/C12H22N2O2/c1-9(8-15-4)14(3)12(10(2)13)11-6-5-7-16-11/h5-7,9-10,12H,8,13H2,1-4H3. The van der Waals surface area contributed by atoms with Gasteiger partial charge in [-0.3, -0.25) is 4.90 Å². The SMILES string of the molecule is COCC(C)N(C)C(c1ccco1)C(C)N. The maximum absolute atomic E-state index is 6.02. The lowest BCUT2D eigenvalue weighted by molar-refractivity contribution is 0.0740. The Morgan fingerprint density at radius 3 is 2.62 bits per heavy atom. The van der Waals surface area contributed by atoms with Gasteiger partial charge in [0.15, 0.2) is 0 Å². The highest BCUT2D eigenvalue weighted by atomic mass is 16.5. The molecule has 0 aliphatic carbocycles. The second-order valence-corrected chi connectivity index (χ2v) is 4.29. The van der Waals surface area contributed by atoms with Crippen molar-refractivity contribution >= 4 is 0 Å². The molecule has 16 heavy (non-hydrogen) atoms. The van der Waals surface area contributed by atoms with Crippen LogP contribution in [-0.2, 0) is 4.74 Å². The monoisotopic (exact) mass is 226 g/mol. The van der Waals surface area contributed by atoms with Crippen molar-refractivity contribution in [2.75, 3.05) is 20.8 Å². The Kier molecular flexibility index (Phi) is 4.99. The van der Waals surface area contributed by atoms with Crippen molar-refractivity contribution in [3.05, 3.63) is 24.2 Å². The molecular formula is C12H22N2O2. The lowest BCUT2D eigenvalue weighted by atomic mass is 10.1. The van der Waals surface area contributed by atoms with Crippen molar-refractivity contribution in [2.24, 2.45) is 5.73 Å². The topological polar surface area (TPSA) is 51.6 Å². The fourth-order valence-corrected chi connectivity index (χ4v) is 1.92. The van der Waals surface area contributed by atoms with Crippen molar-refractivity contribution in [1.29, 1.82) is 0 Å². The quantitative estimate of drug-likeness (QED) is 0.801. The normalized spacial score (nSPS) is 17.4. The van der Waals surface area contributed by atoms with E-state index < -0.39 is 0 Å². The average Bonchev–Trinajstić information content (AvgIpc) is 2.71. The highest BCUT2D eigenvalue weighted by Gasteiger charge is 2.26. The Labute approximate surface area is 97.4 Å². The van der Waals surface area contributed by atoms with Gasteiger partial charge in [0.1, 0.15) is 5.76 Å². The molecule has 0 aliphatic rings. The summed E-state index contributed by atoms with van der Waals surface area (Å²) in [6.45, 7) is 4.78. The lowest BCUT2D eigenvalue weighted by Crippen LogP contribution is -2.43. The summed E-state index contributed by atoms with van der Waals surface area (Å²) < 4.78 is 10.6. The molecule has 0 fully saturated rings. The summed E-state index contributed by atoms with van der Waals surface area (Å²) in [6.07, 6.45) is 1.68. The number of likely N-dealkylation sites (N-methyl/N-ethyl adjacent to an activating group) is 1. The first-order chi connectivity index (χ1) is 7.57. The number of ether oxygens (including phenoxy) is 1. The summed E-state index contributed by atoms with van der Waals surface area (Å²) in [6, 6.07) is 4.24. The first-order valence-corrected chi connectivity index (χ1v) is 5.57. The predicted molar refractivity (Wildman–Crippen MR) is 64.2 cm³/mol. The van der Waals surface area contributed by atoms with Gasteiger partial charge in [-0.2, -0.15) is 0 Å². The van der Waals surface area contributed by atoms with Crippen LogP contribution in [0.5, 0.6) is 0 Å². The maximum atomic E-state index is 6.02. The molecule has 3 atom stereocenters. The molecule has 0 aliphatic heterocycles. The molecule has 0 aromatic carbocycles. The number of furan rings is 1. The molecule has 0 radical (unpaired) electrons. The van der Waals surface area contributed by atoms with Crippen LogP contribution in [0.15, 0.2) is 22.8 Å². The van der Waals surface area contributed by atoms with Gasteiger partial charge in [-0.1, -0.05) is 0 Å². The molecule has 4 nitrogen and oxygen atoms in total. The zero-order valence-electron chi connectivity index (χ0n) is 10.5. The molecule has 0 amide bonds. The highest BCUT2D eigenvalue weighted by Crippen LogP contribution is 2.24. The van der Waals surface area contributed by atoms with Crippen molar-refractivity contribution in [2.45, 2.75) is 32.0 Å². The second kappa shape index (κ2) is 6.03. The molecule has 0 spiro atoms. The van der Waals surface area contributed by atoms with E-state index in [2.05, 4.69) is 11.8 Å². The van der Waals surface area contributed by atoms with Crippen LogP contribution in [0, 0.1) is 0 Å². The minimum absolute atomic E-state index is 0.00968. The van der Waals surface area contributed by atoms with Crippen LogP contribution in [0.2, 0.25) is 0 Å². The average molecular weight is 226 g/mol. The molecule has 1 aromatic heterocycles. The van der Waals surface area contributed by atoms with E-state index in [4.69, 9.17) is 14.9 Å². The van der Waals surface area contributed by atoms with Gasteiger partial charge in [-0.05, 0) is 33.0 Å². The minimum atomic E-state index is 0.00968. The first kappa shape index (κ1) is 13.2. The Morgan fingerprint density at radius 1 is 1.50 bits per heavy atom. The Hall–Kier alpha value is -0.840. The molecule has 92 valence electrons. The van der Waals surface area contributed by atoms with Crippen LogP contribution in [-0.4, -0.2) is 37.7 Å². The molecule has 4 heteroatoms. The summed E-state index contributed by atoms with van der Waals surface area (Å²) >= 11 is 0. The fourth-order valence-electron chi connectivity index (χ4n) is 1.92. The summed E-state index contributed by atoms with van der Waals surface area (Å²) in [5, 5.41) is 0. The number of hydrogen-bond acceptors (Lipinski definition) is 4. The maximum Gasteiger partial charge on any atom is 0.122 e. The van der Waals surface area contributed by atoms with E-state index in [1.165, 1.54) is 0 Å². The van der Waals surface area contributed by atoms with Crippen molar-refractivity contribution < 1.29 is 9.15 Å². The third kappa shape index (κ3) is 3.07. The zero-order chi connectivity index (χ0) is 12.1. The number of hydrogen-bond donors (Lipinski definition) is 1. The van der Waals surface area contributed by atoms with Crippen LogP contribution >= 0.6 is 0 Å². The summed E-state index contributed by atoms with van der Waals surface area (Å²) in [4.78, 5) is 2.19. The number of rotatable bonds is 6. The molecule has 0 saturated carbocycles. The van der Waals surface area contributed by atoms with Crippen molar-refractivity contribution in [3.8, 4) is 0 Å². The van der Waals surface area contributed by atoms with Crippen LogP contribution < -0.4 is 5.73 Å². The summed E-state index contributed by atoms with van der Waals surface area (Å²) in [5.41, 5.74) is 6.02. The predicted octanol–water partition coefficient (Wildman–Crippen LogP) is 1.63. The minimum Gasteiger partial charge on any atom is -0.468 e. The fraction of sp³-hybridized carbons (Fsp3) is 0.667. The number of methoxy groups -OCH3 is 1.